The van der Waals surface area contributed by atoms with Gasteiger partial charge in [0.1, 0.15) is 5.82 Å². The van der Waals surface area contributed by atoms with Crippen LogP contribution in [0.2, 0.25) is 0 Å². The zero-order chi connectivity index (χ0) is 16.8. The van der Waals surface area contributed by atoms with Gasteiger partial charge in [-0.05, 0) is 47.2 Å². The Morgan fingerprint density at radius 2 is 2.00 bits per heavy atom. The first-order valence-corrected chi connectivity index (χ1v) is 8.57. The van der Waals surface area contributed by atoms with Crippen LogP contribution in [0.1, 0.15) is 28.5 Å². The molecule has 1 N–H and O–H groups in total. The smallest absolute Gasteiger partial charge is 0.221 e. The third-order valence-corrected chi connectivity index (χ3v) is 4.64. The average Bonchev–Trinajstić information content (AvgIpc) is 3.14. The van der Waals surface area contributed by atoms with Crippen LogP contribution >= 0.6 is 11.3 Å². The van der Waals surface area contributed by atoms with Crippen molar-refractivity contribution in [2.75, 3.05) is 0 Å². The molecule has 0 fully saturated rings. The Morgan fingerprint density at radius 1 is 1.17 bits per heavy atom. The first-order chi connectivity index (χ1) is 11.7. The second kappa shape index (κ2) is 7.84. The summed E-state index contributed by atoms with van der Waals surface area (Å²) in [6.45, 7) is 0. The molecule has 1 amide bonds. The van der Waals surface area contributed by atoms with Crippen molar-refractivity contribution in [3.63, 3.8) is 0 Å². The van der Waals surface area contributed by atoms with Gasteiger partial charge in [0.25, 0.3) is 0 Å². The summed E-state index contributed by atoms with van der Waals surface area (Å²) < 4.78 is 13.2. The molecule has 0 aliphatic heterocycles. The zero-order valence-corrected chi connectivity index (χ0v) is 13.8. The van der Waals surface area contributed by atoms with Gasteiger partial charge >= 0.3 is 0 Å². The number of benzene rings is 1. The predicted molar refractivity (Wildman–Crippen MR) is 93.3 cm³/mol. The standard InChI is InChI=1S/C19H17FN2OS/c20-16-8-6-15(7-9-16)19(17-4-2-12-24-17)22-18(23)10-5-14-3-1-11-21-13-14/h1-4,6-9,11-13,19H,5,10H2,(H,22,23)/t19-/m1/s1. The molecule has 1 aromatic carbocycles. The molecule has 1 atom stereocenters. The molecule has 3 rings (SSSR count). The lowest BCUT2D eigenvalue weighted by Gasteiger charge is -2.18. The number of amides is 1. The second-order valence-electron chi connectivity index (χ2n) is 5.43. The number of hydrogen-bond donors (Lipinski definition) is 1. The fourth-order valence-electron chi connectivity index (χ4n) is 2.47. The Balaban J connectivity index is 1.70. The van der Waals surface area contributed by atoms with Crippen LogP contribution in [0.5, 0.6) is 0 Å². The highest BCUT2D eigenvalue weighted by Gasteiger charge is 2.17. The van der Waals surface area contributed by atoms with Gasteiger partial charge in [-0.15, -0.1) is 11.3 Å². The number of nitrogens with one attached hydrogen (secondary N) is 1. The quantitative estimate of drug-likeness (QED) is 0.733. The van der Waals surface area contributed by atoms with E-state index in [1.54, 1.807) is 35.9 Å². The van der Waals surface area contributed by atoms with Crippen LogP contribution in [0.25, 0.3) is 0 Å². The van der Waals surface area contributed by atoms with Crippen LogP contribution < -0.4 is 5.32 Å². The summed E-state index contributed by atoms with van der Waals surface area (Å²) in [5.74, 6) is -0.326. The summed E-state index contributed by atoms with van der Waals surface area (Å²) in [6, 6.07) is 13.7. The number of aryl methyl sites for hydroxylation is 1. The van der Waals surface area contributed by atoms with E-state index < -0.39 is 0 Å². The Hall–Kier alpha value is -2.53. The third kappa shape index (κ3) is 4.26. The molecule has 0 aliphatic carbocycles. The molecular formula is C19H17FN2OS. The zero-order valence-electron chi connectivity index (χ0n) is 13.0. The number of carbonyl (C=O) groups excluding carboxylic acids is 1. The van der Waals surface area contributed by atoms with E-state index in [0.29, 0.717) is 12.8 Å². The Morgan fingerprint density at radius 3 is 2.67 bits per heavy atom. The maximum Gasteiger partial charge on any atom is 0.221 e. The highest BCUT2D eigenvalue weighted by atomic mass is 32.1. The lowest BCUT2D eigenvalue weighted by atomic mass is 10.0. The fourth-order valence-corrected chi connectivity index (χ4v) is 3.27. The number of halogens is 1. The summed E-state index contributed by atoms with van der Waals surface area (Å²) >= 11 is 1.57. The van der Waals surface area contributed by atoms with Crippen molar-refractivity contribution in [2.45, 2.75) is 18.9 Å². The maximum atomic E-state index is 13.2. The average molecular weight is 340 g/mol. The van der Waals surface area contributed by atoms with Crippen molar-refractivity contribution >= 4 is 17.2 Å². The van der Waals surface area contributed by atoms with E-state index >= 15 is 0 Å². The highest BCUT2D eigenvalue weighted by Crippen LogP contribution is 2.26. The van der Waals surface area contributed by atoms with Crippen LogP contribution in [0.15, 0.2) is 66.3 Å². The number of pyridine rings is 1. The molecular weight excluding hydrogens is 323 g/mol. The molecule has 5 heteroatoms. The molecule has 3 aromatic rings. The minimum absolute atomic E-state index is 0.0402. The number of carbonyl (C=O) groups is 1. The van der Waals surface area contributed by atoms with Gasteiger partial charge in [0.05, 0.1) is 6.04 Å². The highest BCUT2D eigenvalue weighted by molar-refractivity contribution is 7.10. The summed E-state index contributed by atoms with van der Waals surface area (Å²) in [4.78, 5) is 17.4. The summed E-state index contributed by atoms with van der Waals surface area (Å²) in [7, 11) is 0. The molecule has 2 aromatic heterocycles. The molecule has 0 saturated heterocycles. The number of rotatable bonds is 6. The van der Waals surface area contributed by atoms with Crippen LogP contribution in [0.3, 0.4) is 0 Å². The number of nitrogens with zero attached hydrogens (tertiary/aromatic N) is 1. The van der Waals surface area contributed by atoms with Gasteiger partial charge in [-0.1, -0.05) is 24.3 Å². The molecule has 3 nitrogen and oxygen atoms in total. The van der Waals surface area contributed by atoms with Crippen molar-refractivity contribution in [3.05, 3.63) is 88.1 Å². The summed E-state index contributed by atoms with van der Waals surface area (Å²) in [6.07, 6.45) is 4.50. The first kappa shape index (κ1) is 16.3. The molecule has 122 valence electrons. The summed E-state index contributed by atoms with van der Waals surface area (Å²) in [5, 5.41) is 5.02. The minimum atomic E-state index is -0.286. The minimum Gasteiger partial charge on any atom is -0.344 e. The predicted octanol–water partition coefficient (Wildman–Crippen LogP) is 4.12. The Kier molecular flexibility index (Phi) is 5.33. The molecule has 0 saturated carbocycles. The lowest BCUT2D eigenvalue weighted by molar-refractivity contribution is -0.121. The van der Waals surface area contributed by atoms with Gasteiger partial charge in [-0.25, -0.2) is 4.39 Å². The van der Waals surface area contributed by atoms with Crippen molar-refractivity contribution < 1.29 is 9.18 Å². The molecule has 0 radical (unpaired) electrons. The Bertz CT molecular complexity index is 773. The largest absolute Gasteiger partial charge is 0.344 e. The van der Waals surface area contributed by atoms with E-state index in [0.717, 1.165) is 16.0 Å². The Labute approximate surface area is 144 Å². The van der Waals surface area contributed by atoms with Gasteiger partial charge in [0.2, 0.25) is 5.91 Å². The topological polar surface area (TPSA) is 42.0 Å². The lowest BCUT2D eigenvalue weighted by Crippen LogP contribution is -2.29. The van der Waals surface area contributed by atoms with E-state index in [2.05, 4.69) is 10.3 Å². The van der Waals surface area contributed by atoms with Crippen LogP contribution in [0.4, 0.5) is 4.39 Å². The third-order valence-electron chi connectivity index (χ3n) is 3.70. The molecule has 0 unspecified atom stereocenters. The van der Waals surface area contributed by atoms with Gasteiger partial charge < -0.3 is 5.32 Å². The first-order valence-electron chi connectivity index (χ1n) is 7.69. The van der Waals surface area contributed by atoms with Crippen LogP contribution in [0, 0.1) is 5.82 Å². The van der Waals surface area contributed by atoms with E-state index in [-0.39, 0.29) is 17.8 Å². The molecule has 0 bridgehead atoms. The van der Waals surface area contributed by atoms with Gasteiger partial charge in [0.15, 0.2) is 0 Å². The molecule has 24 heavy (non-hydrogen) atoms. The number of aromatic nitrogens is 1. The fraction of sp³-hybridized carbons (Fsp3) is 0.158. The van der Waals surface area contributed by atoms with Crippen molar-refractivity contribution in [1.82, 2.24) is 10.3 Å². The van der Waals surface area contributed by atoms with Gasteiger partial charge in [-0.2, -0.15) is 0 Å². The monoisotopic (exact) mass is 340 g/mol. The molecule has 0 spiro atoms. The van der Waals surface area contributed by atoms with Crippen molar-refractivity contribution in [2.24, 2.45) is 0 Å². The van der Waals surface area contributed by atoms with Crippen molar-refractivity contribution in [1.29, 1.82) is 0 Å². The van der Waals surface area contributed by atoms with Crippen molar-refractivity contribution in [3.8, 4) is 0 Å². The SMILES string of the molecule is O=C(CCc1cccnc1)N[C@H](c1ccc(F)cc1)c1cccs1. The van der Waals surface area contributed by atoms with E-state index in [1.807, 2.05) is 29.6 Å². The van der Waals surface area contributed by atoms with E-state index in [1.165, 1.54) is 12.1 Å². The van der Waals surface area contributed by atoms with Gasteiger partial charge in [-0.3, -0.25) is 9.78 Å². The number of hydrogen-bond acceptors (Lipinski definition) is 3. The maximum absolute atomic E-state index is 13.2. The van der Waals surface area contributed by atoms with E-state index in [9.17, 15) is 9.18 Å². The normalized spacial score (nSPS) is 11.9. The molecule has 0 aliphatic rings. The van der Waals surface area contributed by atoms with Gasteiger partial charge in [0, 0.05) is 23.7 Å². The molecule has 2 heterocycles. The number of thiophene rings is 1. The summed E-state index contributed by atoms with van der Waals surface area (Å²) in [5.41, 5.74) is 1.90. The van der Waals surface area contributed by atoms with Crippen LogP contribution in [-0.4, -0.2) is 10.9 Å². The second-order valence-corrected chi connectivity index (χ2v) is 6.41. The van der Waals surface area contributed by atoms with E-state index in [4.69, 9.17) is 0 Å². The van der Waals surface area contributed by atoms with Crippen LogP contribution in [-0.2, 0) is 11.2 Å².